The second-order valence-corrected chi connectivity index (χ2v) is 5.40. The Labute approximate surface area is 122 Å². The summed E-state index contributed by atoms with van der Waals surface area (Å²) < 4.78 is 6.19. The van der Waals surface area contributed by atoms with Crippen LogP contribution in [-0.4, -0.2) is 12.2 Å². The Balaban J connectivity index is 2.41. The molecule has 100 valence electrons. The van der Waals surface area contributed by atoms with Gasteiger partial charge in [-0.2, -0.15) is 0 Å². The molecule has 2 aromatic rings. The van der Waals surface area contributed by atoms with Gasteiger partial charge in [-0.3, -0.25) is 0 Å². The lowest BCUT2D eigenvalue weighted by Crippen LogP contribution is -2.02. The number of hydrogen-bond acceptors (Lipinski definition) is 2. The van der Waals surface area contributed by atoms with Crippen LogP contribution in [0.4, 0.5) is 0 Å². The molecule has 3 heteroatoms. The van der Waals surface area contributed by atoms with Crippen molar-refractivity contribution in [3.63, 3.8) is 0 Å². The topological polar surface area (TPSA) is 29.5 Å². The Morgan fingerprint density at radius 3 is 2.47 bits per heavy atom. The maximum atomic E-state index is 10.5. The molecule has 0 aliphatic carbocycles. The molecule has 0 aliphatic rings. The fourth-order valence-corrected chi connectivity index (χ4v) is 2.61. The van der Waals surface area contributed by atoms with Crippen LogP contribution in [0.1, 0.15) is 28.4 Å². The fourth-order valence-electron chi connectivity index (χ4n) is 2.13. The molecule has 2 nitrogen and oxygen atoms in total. The van der Waals surface area contributed by atoms with Crippen LogP contribution in [0.2, 0.25) is 0 Å². The van der Waals surface area contributed by atoms with Gasteiger partial charge in [0, 0.05) is 4.47 Å². The highest BCUT2D eigenvalue weighted by Gasteiger charge is 2.15. The van der Waals surface area contributed by atoms with Gasteiger partial charge in [-0.15, -0.1) is 0 Å². The maximum Gasteiger partial charge on any atom is 0.121 e. The maximum absolute atomic E-state index is 10.5. The molecular weight excluding hydrogens is 304 g/mol. The lowest BCUT2D eigenvalue weighted by molar-refractivity contribution is 0.219. The van der Waals surface area contributed by atoms with Gasteiger partial charge in [0.15, 0.2) is 0 Å². The van der Waals surface area contributed by atoms with Crippen LogP contribution < -0.4 is 4.74 Å². The molecule has 0 amide bonds. The van der Waals surface area contributed by atoms with Crippen molar-refractivity contribution in [3.8, 4) is 5.75 Å². The van der Waals surface area contributed by atoms with E-state index in [2.05, 4.69) is 15.9 Å². The van der Waals surface area contributed by atoms with E-state index in [1.165, 1.54) is 0 Å². The summed E-state index contributed by atoms with van der Waals surface area (Å²) in [6, 6.07) is 11.6. The first-order valence-electron chi connectivity index (χ1n) is 6.12. The van der Waals surface area contributed by atoms with E-state index in [9.17, 15) is 5.11 Å². The Morgan fingerprint density at radius 2 is 1.84 bits per heavy atom. The molecule has 0 heterocycles. The van der Waals surface area contributed by atoms with Crippen molar-refractivity contribution >= 4 is 15.9 Å². The van der Waals surface area contributed by atoms with Crippen LogP contribution in [-0.2, 0) is 0 Å². The molecule has 2 aromatic carbocycles. The number of halogens is 1. The Hall–Kier alpha value is -1.32. The van der Waals surface area contributed by atoms with E-state index in [0.717, 1.165) is 32.5 Å². The molecule has 0 saturated heterocycles. The molecule has 2 rings (SSSR count). The van der Waals surface area contributed by atoms with Crippen LogP contribution in [0, 0.1) is 13.8 Å². The van der Waals surface area contributed by atoms with Crippen LogP contribution in [0.15, 0.2) is 40.9 Å². The van der Waals surface area contributed by atoms with Gasteiger partial charge in [-0.05, 0) is 48.2 Å². The van der Waals surface area contributed by atoms with E-state index in [4.69, 9.17) is 4.74 Å². The van der Waals surface area contributed by atoms with Gasteiger partial charge in [0.2, 0.25) is 0 Å². The van der Waals surface area contributed by atoms with Crippen molar-refractivity contribution in [1.29, 1.82) is 0 Å². The zero-order valence-electron chi connectivity index (χ0n) is 11.3. The monoisotopic (exact) mass is 320 g/mol. The van der Waals surface area contributed by atoms with Gasteiger partial charge in [0.25, 0.3) is 0 Å². The molecule has 0 aromatic heterocycles. The molecule has 0 saturated carbocycles. The number of rotatable bonds is 3. The Morgan fingerprint density at radius 1 is 1.11 bits per heavy atom. The average molecular weight is 321 g/mol. The van der Waals surface area contributed by atoms with Crippen molar-refractivity contribution in [1.82, 2.24) is 0 Å². The van der Waals surface area contributed by atoms with E-state index < -0.39 is 6.10 Å². The number of aliphatic hydroxyl groups excluding tert-OH is 1. The summed E-state index contributed by atoms with van der Waals surface area (Å²) in [5.41, 5.74) is 3.87. The Bertz CT molecular complexity index is 593. The zero-order chi connectivity index (χ0) is 14.0. The molecule has 0 fully saturated rings. The second kappa shape index (κ2) is 5.76. The van der Waals surface area contributed by atoms with Crippen molar-refractivity contribution in [2.45, 2.75) is 20.0 Å². The van der Waals surface area contributed by atoms with Crippen molar-refractivity contribution in [2.24, 2.45) is 0 Å². The summed E-state index contributed by atoms with van der Waals surface area (Å²) in [5.74, 6) is 0.833. The summed E-state index contributed by atoms with van der Waals surface area (Å²) in [4.78, 5) is 0. The number of benzene rings is 2. The van der Waals surface area contributed by atoms with E-state index in [0.29, 0.717) is 0 Å². The van der Waals surface area contributed by atoms with E-state index in [-0.39, 0.29) is 0 Å². The molecule has 0 aliphatic heterocycles. The van der Waals surface area contributed by atoms with E-state index >= 15 is 0 Å². The average Bonchev–Trinajstić information content (AvgIpc) is 2.41. The minimum absolute atomic E-state index is 0.640. The minimum atomic E-state index is -0.640. The number of ether oxygens (including phenoxy) is 1. The zero-order valence-corrected chi connectivity index (χ0v) is 12.9. The fraction of sp³-hybridized carbons (Fsp3) is 0.250. The summed E-state index contributed by atoms with van der Waals surface area (Å²) in [5, 5.41) is 10.5. The molecule has 0 spiro atoms. The van der Waals surface area contributed by atoms with Crippen LogP contribution in [0.25, 0.3) is 0 Å². The normalized spacial score (nSPS) is 12.3. The third-order valence-corrected chi connectivity index (χ3v) is 4.33. The third-order valence-electron chi connectivity index (χ3n) is 3.25. The first-order valence-corrected chi connectivity index (χ1v) is 6.91. The minimum Gasteiger partial charge on any atom is -0.496 e. The third kappa shape index (κ3) is 2.82. The van der Waals surface area contributed by atoms with Crippen molar-refractivity contribution < 1.29 is 9.84 Å². The first kappa shape index (κ1) is 14.1. The molecule has 1 atom stereocenters. The summed E-state index contributed by atoms with van der Waals surface area (Å²) in [7, 11) is 1.65. The number of aliphatic hydroxyl groups is 1. The molecular formula is C16H17BrO2. The van der Waals surface area contributed by atoms with Crippen molar-refractivity contribution in [2.75, 3.05) is 7.11 Å². The predicted molar refractivity (Wildman–Crippen MR) is 80.7 cm³/mol. The molecule has 19 heavy (non-hydrogen) atoms. The standard InChI is InChI=1S/C16H17BrO2/c1-10-5-4-6-13(15(10)17)16(18)12-7-8-14(19-3)11(2)9-12/h4-9,16,18H,1-3H3. The Kier molecular flexibility index (Phi) is 4.27. The van der Waals surface area contributed by atoms with Crippen molar-refractivity contribution in [3.05, 3.63) is 63.1 Å². The van der Waals surface area contributed by atoms with Gasteiger partial charge in [0.05, 0.1) is 7.11 Å². The predicted octanol–water partition coefficient (Wildman–Crippen LogP) is 4.16. The first-order chi connectivity index (χ1) is 9.04. The molecule has 0 radical (unpaired) electrons. The quantitative estimate of drug-likeness (QED) is 0.920. The van der Waals surface area contributed by atoms with Gasteiger partial charge in [0.1, 0.15) is 11.9 Å². The molecule has 0 bridgehead atoms. The lowest BCUT2D eigenvalue weighted by Gasteiger charge is -2.16. The SMILES string of the molecule is COc1ccc(C(O)c2cccc(C)c2Br)cc1C. The highest BCUT2D eigenvalue weighted by atomic mass is 79.9. The summed E-state index contributed by atoms with van der Waals surface area (Å²) in [6.07, 6.45) is -0.640. The van der Waals surface area contributed by atoms with Gasteiger partial charge in [-0.1, -0.05) is 40.2 Å². The number of hydrogen-bond donors (Lipinski definition) is 1. The van der Waals surface area contributed by atoms with Gasteiger partial charge >= 0.3 is 0 Å². The largest absolute Gasteiger partial charge is 0.496 e. The highest BCUT2D eigenvalue weighted by molar-refractivity contribution is 9.10. The summed E-state index contributed by atoms with van der Waals surface area (Å²) in [6.45, 7) is 3.99. The number of methoxy groups -OCH3 is 1. The van der Waals surface area contributed by atoms with Crippen LogP contribution >= 0.6 is 15.9 Å². The number of aryl methyl sites for hydroxylation is 2. The summed E-state index contributed by atoms with van der Waals surface area (Å²) >= 11 is 3.54. The van der Waals surface area contributed by atoms with Gasteiger partial charge in [-0.25, -0.2) is 0 Å². The van der Waals surface area contributed by atoms with Gasteiger partial charge < -0.3 is 9.84 Å². The highest BCUT2D eigenvalue weighted by Crippen LogP contribution is 2.32. The second-order valence-electron chi connectivity index (χ2n) is 4.61. The van der Waals surface area contributed by atoms with E-state index in [1.807, 2.05) is 50.2 Å². The smallest absolute Gasteiger partial charge is 0.121 e. The van der Waals surface area contributed by atoms with Crippen LogP contribution in [0.5, 0.6) is 5.75 Å². The van der Waals surface area contributed by atoms with E-state index in [1.54, 1.807) is 7.11 Å². The molecule has 1 unspecified atom stereocenters. The molecule has 1 N–H and O–H groups in total. The lowest BCUT2D eigenvalue weighted by atomic mass is 9.98. The van der Waals surface area contributed by atoms with Crippen LogP contribution in [0.3, 0.4) is 0 Å².